The molecule has 1 aromatic heterocycles. The van der Waals surface area contributed by atoms with E-state index in [1.165, 1.54) is 6.33 Å². The van der Waals surface area contributed by atoms with E-state index >= 15 is 0 Å². The molecule has 0 radical (unpaired) electrons. The highest BCUT2D eigenvalue weighted by Crippen LogP contribution is 2.29. The highest BCUT2D eigenvalue weighted by atomic mass is 16.2. The van der Waals surface area contributed by atoms with Crippen LogP contribution in [0, 0.1) is 16.7 Å². The van der Waals surface area contributed by atoms with Gasteiger partial charge in [0.2, 0.25) is 5.91 Å². The monoisotopic (exact) mass is 260 g/mol. The molecule has 0 spiro atoms. The van der Waals surface area contributed by atoms with Crippen molar-refractivity contribution in [2.75, 3.05) is 0 Å². The Bertz CT molecular complexity index is 433. The van der Waals surface area contributed by atoms with Crippen molar-refractivity contribution in [3.05, 3.63) is 24.3 Å². The molecule has 0 aromatic carbocycles. The van der Waals surface area contributed by atoms with Crippen LogP contribution in [0.1, 0.15) is 45.2 Å². The Morgan fingerprint density at radius 1 is 1.42 bits per heavy atom. The first kappa shape index (κ1) is 15.1. The molecule has 0 unspecified atom stereocenters. The van der Waals surface area contributed by atoms with E-state index in [2.05, 4.69) is 21.4 Å². The first-order chi connectivity index (χ1) is 9.18. The number of rotatable bonds is 7. The lowest BCUT2D eigenvalue weighted by Gasteiger charge is -2.24. The van der Waals surface area contributed by atoms with Crippen LogP contribution in [0.2, 0.25) is 0 Å². The van der Waals surface area contributed by atoms with Crippen LogP contribution in [0.25, 0.3) is 0 Å². The van der Waals surface area contributed by atoms with E-state index in [1.807, 2.05) is 13.8 Å². The molecular formula is C14H20N4O. The molecule has 102 valence electrons. The maximum absolute atomic E-state index is 12.3. The third kappa shape index (κ3) is 4.02. The second kappa shape index (κ2) is 7.47. The molecule has 1 aromatic rings. The minimum atomic E-state index is -0.906. The van der Waals surface area contributed by atoms with Crippen molar-refractivity contribution in [1.29, 1.82) is 5.26 Å². The fourth-order valence-electron chi connectivity index (χ4n) is 2.13. The predicted octanol–water partition coefficient (Wildman–Crippen LogP) is 2.20. The van der Waals surface area contributed by atoms with Gasteiger partial charge in [0.25, 0.3) is 0 Å². The van der Waals surface area contributed by atoms with Crippen LogP contribution in [-0.2, 0) is 11.3 Å². The van der Waals surface area contributed by atoms with Gasteiger partial charge < -0.3 is 5.32 Å². The van der Waals surface area contributed by atoms with Crippen molar-refractivity contribution in [3.63, 3.8) is 0 Å². The van der Waals surface area contributed by atoms with Gasteiger partial charge in [-0.15, -0.1) is 0 Å². The molecule has 1 amide bonds. The molecule has 0 aliphatic heterocycles. The number of carbonyl (C=O) groups excluding carboxylic acids is 1. The zero-order chi connectivity index (χ0) is 14.1. The average Bonchev–Trinajstić information content (AvgIpc) is 2.45. The number of amides is 1. The fraction of sp³-hybridized carbons (Fsp3) is 0.571. The third-order valence-electron chi connectivity index (χ3n) is 3.08. The summed E-state index contributed by atoms with van der Waals surface area (Å²) in [7, 11) is 0. The quantitative estimate of drug-likeness (QED) is 0.815. The smallest absolute Gasteiger partial charge is 0.240 e. The standard InChI is InChI=1S/C14H20N4O/c1-3-6-14(10-15,7-4-2)13(19)17-9-12-5-8-16-11-18-12/h5,8,11H,3-4,6-7,9H2,1-2H3,(H,17,19). The maximum atomic E-state index is 12.3. The fourth-order valence-corrected chi connectivity index (χ4v) is 2.13. The SMILES string of the molecule is CCCC(C#N)(CCC)C(=O)NCc1ccncn1. The molecule has 0 saturated heterocycles. The van der Waals surface area contributed by atoms with Gasteiger partial charge in [0, 0.05) is 6.20 Å². The van der Waals surface area contributed by atoms with Gasteiger partial charge in [-0.3, -0.25) is 4.79 Å². The highest BCUT2D eigenvalue weighted by molar-refractivity contribution is 5.85. The van der Waals surface area contributed by atoms with Gasteiger partial charge in [-0.25, -0.2) is 9.97 Å². The zero-order valence-electron chi connectivity index (χ0n) is 11.5. The van der Waals surface area contributed by atoms with Crippen molar-refractivity contribution in [2.24, 2.45) is 5.41 Å². The summed E-state index contributed by atoms with van der Waals surface area (Å²) in [5.74, 6) is -0.197. The predicted molar refractivity (Wildman–Crippen MR) is 71.7 cm³/mol. The maximum Gasteiger partial charge on any atom is 0.240 e. The van der Waals surface area contributed by atoms with Crippen LogP contribution >= 0.6 is 0 Å². The molecule has 0 aliphatic rings. The summed E-state index contributed by atoms with van der Waals surface area (Å²) in [4.78, 5) is 20.1. The molecule has 0 aliphatic carbocycles. The van der Waals surface area contributed by atoms with E-state index in [1.54, 1.807) is 12.3 Å². The topological polar surface area (TPSA) is 78.7 Å². The lowest BCUT2D eigenvalue weighted by Crippen LogP contribution is -2.39. The van der Waals surface area contributed by atoms with E-state index in [9.17, 15) is 10.1 Å². The van der Waals surface area contributed by atoms with Crippen LogP contribution in [0.4, 0.5) is 0 Å². The molecule has 1 heterocycles. The Kier molecular flexibility index (Phi) is 5.94. The third-order valence-corrected chi connectivity index (χ3v) is 3.08. The van der Waals surface area contributed by atoms with Gasteiger partial charge in [0.15, 0.2) is 0 Å². The van der Waals surface area contributed by atoms with E-state index in [4.69, 9.17) is 0 Å². The van der Waals surface area contributed by atoms with Crippen molar-refractivity contribution < 1.29 is 4.79 Å². The molecule has 0 atom stereocenters. The van der Waals surface area contributed by atoms with E-state index in [0.717, 1.165) is 18.5 Å². The van der Waals surface area contributed by atoms with Crippen molar-refractivity contribution in [3.8, 4) is 6.07 Å². The van der Waals surface area contributed by atoms with Crippen LogP contribution < -0.4 is 5.32 Å². The minimum absolute atomic E-state index is 0.197. The van der Waals surface area contributed by atoms with Gasteiger partial charge in [-0.05, 0) is 18.9 Å². The number of nitrogens with zero attached hydrogens (tertiary/aromatic N) is 3. The summed E-state index contributed by atoms with van der Waals surface area (Å²) >= 11 is 0. The first-order valence-electron chi connectivity index (χ1n) is 6.63. The van der Waals surface area contributed by atoms with Gasteiger partial charge >= 0.3 is 0 Å². The Hall–Kier alpha value is -1.96. The van der Waals surface area contributed by atoms with Crippen molar-refractivity contribution >= 4 is 5.91 Å². The van der Waals surface area contributed by atoms with Crippen LogP contribution in [0.3, 0.4) is 0 Å². The molecule has 19 heavy (non-hydrogen) atoms. The summed E-state index contributed by atoms with van der Waals surface area (Å²) in [6, 6.07) is 3.95. The summed E-state index contributed by atoms with van der Waals surface area (Å²) in [6.07, 6.45) is 5.88. The Morgan fingerprint density at radius 3 is 2.58 bits per heavy atom. The van der Waals surface area contributed by atoms with Gasteiger partial charge in [-0.1, -0.05) is 26.7 Å². The first-order valence-corrected chi connectivity index (χ1v) is 6.63. The van der Waals surface area contributed by atoms with Crippen molar-refractivity contribution in [2.45, 2.75) is 46.1 Å². The van der Waals surface area contributed by atoms with Gasteiger partial charge in [-0.2, -0.15) is 5.26 Å². The van der Waals surface area contributed by atoms with E-state index < -0.39 is 5.41 Å². The molecule has 0 bridgehead atoms. The summed E-state index contributed by atoms with van der Waals surface area (Å²) in [5.41, 5.74) is -0.167. The number of aromatic nitrogens is 2. The van der Waals surface area contributed by atoms with Gasteiger partial charge in [0.05, 0.1) is 18.3 Å². The molecule has 5 nitrogen and oxygen atoms in total. The second-order valence-corrected chi connectivity index (χ2v) is 4.58. The number of hydrogen-bond acceptors (Lipinski definition) is 4. The summed E-state index contributed by atoms with van der Waals surface area (Å²) < 4.78 is 0. The zero-order valence-corrected chi connectivity index (χ0v) is 11.5. The highest BCUT2D eigenvalue weighted by Gasteiger charge is 2.36. The van der Waals surface area contributed by atoms with E-state index in [-0.39, 0.29) is 5.91 Å². The number of nitrogens with one attached hydrogen (secondary N) is 1. The number of carbonyl (C=O) groups is 1. The summed E-state index contributed by atoms with van der Waals surface area (Å²) in [6.45, 7) is 4.30. The Labute approximate surface area is 114 Å². The molecule has 1 rings (SSSR count). The Morgan fingerprint density at radius 2 is 2.11 bits per heavy atom. The van der Waals surface area contributed by atoms with Crippen LogP contribution in [0.15, 0.2) is 18.6 Å². The average molecular weight is 260 g/mol. The van der Waals surface area contributed by atoms with Gasteiger partial charge in [0.1, 0.15) is 11.7 Å². The molecule has 0 fully saturated rings. The number of nitriles is 1. The lowest BCUT2D eigenvalue weighted by molar-refractivity contribution is -0.129. The van der Waals surface area contributed by atoms with Crippen molar-refractivity contribution in [1.82, 2.24) is 15.3 Å². The summed E-state index contributed by atoms with van der Waals surface area (Å²) in [5, 5.41) is 12.2. The largest absolute Gasteiger partial charge is 0.349 e. The molecular weight excluding hydrogens is 240 g/mol. The number of hydrogen-bond donors (Lipinski definition) is 1. The lowest BCUT2D eigenvalue weighted by atomic mass is 9.80. The minimum Gasteiger partial charge on any atom is -0.349 e. The molecule has 0 saturated carbocycles. The van der Waals surface area contributed by atoms with E-state index in [0.29, 0.717) is 19.4 Å². The van der Waals surface area contributed by atoms with Crippen LogP contribution in [0.5, 0.6) is 0 Å². The Balaban J connectivity index is 2.70. The molecule has 5 heteroatoms. The second-order valence-electron chi connectivity index (χ2n) is 4.58. The van der Waals surface area contributed by atoms with Crippen LogP contribution in [-0.4, -0.2) is 15.9 Å². The molecule has 1 N–H and O–H groups in total. The normalized spacial score (nSPS) is 10.8.